The van der Waals surface area contributed by atoms with Crippen LogP contribution in [0.15, 0.2) is 6.07 Å². The van der Waals surface area contributed by atoms with Crippen molar-refractivity contribution >= 4 is 11.8 Å². The lowest BCUT2D eigenvalue weighted by Gasteiger charge is -2.22. The molecule has 1 aromatic heterocycles. The Hall–Kier alpha value is -2.15. The SMILES string of the molecule is COc1nc2c(cc1CNC(=O)C[C@H]1CCCO1)C(=O)N(C1CCCC1)C2. The van der Waals surface area contributed by atoms with E-state index >= 15 is 0 Å². The molecule has 1 saturated carbocycles. The summed E-state index contributed by atoms with van der Waals surface area (Å²) < 4.78 is 10.9. The molecule has 0 unspecified atom stereocenters. The molecule has 1 atom stereocenters. The third-order valence-electron chi connectivity index (χ3n) is 5.82. The Labute approximate surface area is 159 Å². The van der Waals surface area contributed by atoms with E-state index in [1.54, 1.807) is 7.11 Å². The van der Waals surface area contributed by atoms with Gasteiger partial charge in [-0.15, -0.1) is 0 Å². The summed E-state index contributed by atoms with van der Waals surface area (Å²) in [7, 11) is 1.57. The fraction of sp³-hybridized carbons (Fsp3) is 0.650. The van der Waals surface area contributed by atoms with E-state index < -0.39 is 0 Å². The third kappa shape index (κ3) is 3.78. The molecule has 0 spiro atoms. The van der Waals surface area contributed by atoms with Crippen LogP contribution < -0.4 is 10.1 Å². The van der Waals surface area contributed by atoms with Crippen LogP contribution >= 0.6 is 0 Å². The highest BCUT2D eigenvalue weighted by atomic mass is 16.5. The van der Waals surface area contributed by atoms with Gasteiger partial charge in [0.15, 0.2) is 0 Å². The highest BCUT2D eigenvalue weighted by molar-refractivity contribution is 5.98. The quantitative estimate of drug-likeness (QED) is 0.827. The van der Waals surface area contributed by atoms with Gasteiger partial charge in [-0.3, -0.25) is 9.59 Å². The molecule has 1 aliphatic carbocycles. The van der Waals surface area contributed by atoms with Crippen LogP contribution in [0, 0.1) is 0 Å². The van der Waals surface area contributed by atoms with E-state index in [1.165, 1.54) is 12.8 Å². The summed E-state index contributed by atoms with van der Waals surface area (Å²) in [5.74, 6) is 0.481. The van der Waals surface area contributed by atoms with Gasteiger partial charge in [-0.1, -0.05) is 12.8 Å². The van der Waals surface area contributed by atoms with Crippen LogP contribution in [-0.2, 0) is 22.6 Å². The predicted octanol–water partition coefficient (Wildman–Crippen LogP) is 2.17. The summed E-state index contributed by atoms with van der Waals surface area (Å²) in [6, 6.07) is 2.16. The Morgan fingerprint density at radius 2 is 2.15 bits per heavy atom. The number of rotatable bonds is 6. The maximum Gasteiger partial charge on any atom is 0.256 e. The number of methoxy groups -OCH3 is 1. The largest absolute Gasteiger partial charge is 0.481 e. The number of hydrogen-bond donors (Lipinski definition) is 1. The van der Waals surface area contributed by atoms with E-state index in [4.69, 9.17) is 9.47 Å². The monoisotopic (exact) mass is 373 g/mol. The van der Waals surface area contributed by atoms with Gasteiger partial charge in [-0.05, 0) is 31.7 Å². The minimum absolute atomic E-state index is 0.0200. The van der Waals surface area contributed by atoms with Crippen molar-refractivity contribution in [2.45, 2.75) is 70.2 Å². The van der Waals surface area contributed by atoms with Crippen molar-refractivity contribution in [1.82, 2.24) is 15.2 Å². The number of ether oxygens (including phenoxy) is 2. The van der Waals surface area contributed by atoms with Crippen molar-refractivity contribution in [3.63, 3.8) is 0 Å². The predicted molar refractivity (Wildman–Crippen MR) is 98.4 cm³/mol. The average Bonchev–Trinajstić information content (AvgIpc) is 3.41. The summed E-state index contributed by atoms with van der Waals surface area (Å²) in [6.45, 7) is 1.59. The lowest BCUT2D eigenvalue weighted by Crippen LogP contribution is -2.33. The van der Waals surface area contributed by atoms with Crippen LogP contribution in [0.25, 0.3) is 0 Å². The van der Waals surface area contributed by atoms with E-state index in [-0.39, 0.29) is 17.9 Å². The van der Waals surface area contributed by atoms with Crippen molar-refractivity contribution in [2.75, 3.05) is 13.7 Å². The van der Waals surface area contributed by atoms with Crippen LogP contribution in [0.1, 0.15) is 66.6 Å². The highest BCUT2D eigenvalue weighted by Gasteiger charge is 2.36. The first-order valence-corrected chi connectivity index (χ1v) is 9.91. The molecule has 2 aliphatic heterocycles. The van der Waals surface area contributed by atoms with E-state index in [0.29, 0.717) is 37.0 Å². The van der Waals surface area contributed by atoms with E-state index in [9.17, 15) is 9.59 Å². The second kappa shape index (κ2) is 7.84. The van der Waals surface area contributed by atoms with E-state index in [1.807, 2.05) is 11.0 Å². The van der Waals surface area contributed by atoms with Crippen LogP contribution in [0.5, 0.6) is 5.88 Å². The highest BCUT2D eigenvalue weighted by Crippen LogP contribution is 2.33. The number of fused-ring (bicyclic) bond motifs is 1. The molecule has 7 nitrogen and oxygen atoms in total. The summed E-state index contributed by atoms with van der Waals surface area (Å²) >= 11 is 0. The molecule has 0 radical (unpaired) electrons. The fourth-order valence-corrected chi connectivity index (χ4v) is 4.36. The van der Waals surface area contributed by atoms with Crippen LogP contribution in [-0.4, -0.2) is 47.6 Å². The van der Waals surface area contributed by atoms with Gasteiger partial charge in [-0.2, -0.15) is 0 Å². The topological polar surface area (TPSA) is 80.8 Å². The molecule has 0 aromatic carbocycles. The van der Waals surface area contributed by atoms with Gasteiger partial charge in [0, 0.05) is 24.8 Å². The molecule has 1 aromatic rings. The Bertz CT molecular complexity index is 724. The maximum absolute atomic E-state index is 12.8. The smallest absolute Gasteiger partial charge is 0.256 e. The molecule has 2 amide bonds. The molecule has 146 valence electrons. The molecule has 0 bridgehead atoms. The van der Waals surface area contributed by atoms with Crippen molar-refractivity contribution in [1.29, 1.82) is 0 Å². The Balaban J connectivity index is 1.44. The molecule has 2 fully saturated rings. The van der Waals surface area contributed by atoms with E-state index in [2.05, 4.69) is 10.3 Å². The fourth-order valence-electron chi connectivity index (χ4n) is 4.36. The minimum Gasteiger partial charge on any atom is -0.481 e. The summed E-state index contributed by atoms with van der Waals surface area (Å²) in [4.78, 5) is 31.5. The average molecular weight is 373 g/mol. The second-order valence-corrected chi connectivity index (χ2v) is 7.64. The number of pyridine rings is 1. The van der Waals surface area contributed by atoms with Crippen LogP contribution in [0.2, 0.25) is 0 Å². The molecular weight excluding hydrogens is 346 g/mol. The number of hydrogen-bond acceptors (Lipinski definition) is 5. The van der Waals surface area contributed by atoms with Crippen molar-refractivity contribution in [2.24, 2.45) is 0 Å². The van der Waals surface area contributed by atoms with Crippen molar-refractivity contribution < 1.29 is 19.1 Å². The Kier molecular flexibility index (Phi) is 5.29. The van der Waals surface area contributed by atoms with Gasteiger partial charge >= 0.3 is 0 Å². The maximum atomic E-state index is 12.8. The Morgan fingerprint density at radius 1 is 1.33 bits per heavy atom. The van der Waals surface area contributed by atoms with E-state index in [0.717, 1.165) is 43.5 Å². The third-order valence-corrected chi connectivity index (χ3v) is 5.82. The molecule has 4 rings (SSSR count). The van der Waals surface area contributed by atoms with Gasteiger partial charge in [0.1, 0.15) is 0 Å². The van der Waals surface area contributed by atoms with Gasteiger partial charge in [0.2, 0.25) is 11.8 Å². The molecular formula is C20H27N3O4. The first-order chi connectivity index (χ1) is 13.2. The number of aromatic nitrogens is 1. The number of nitrogens with one attached hydrogen (secondary N) is 1. The Morgan fingerprint density at radius 3 is 2.85 bits per heavy atom. The lowest BCUT2D eigenvalue weighted by molar-refractivity contribution is -0.123. The molecule has 27 heavy (non-hydrogen) atoms. The minimum atomic E-state index is -0.0524. The van der Waals surface area contributed by atoms with Gasteiger partial charge < -0.3 is 19.7 Å². The number of carbonyl (C=O) groups is 2. The number of amides is 2. The van der Waals surface area contributed by atoms with Crippen LogP contribution in [0.3, 0.4) is 0 Å². The number of carbonyl (C=O) groups excluding carboxylic acids is 2. The molecule has 3 heterocycles. The first-order valence-electron chi connectivity index (χ1n) is 9.91. The van der Waals surface area contributed by atoms with Crippen LogP contribution in [0.4, 0.5) is 0 Å². The molecule has 1 saturated heterocycles. The van der Waals surface area contributed by atoms with Gasteiger partial charge in [-0.25, -0.2) is 4.98 Å². The summed E-state index contributed by atoms with van der Waals surface area (Å²) in [5.41, 5.74) is 2.16. The molecule has 3 aliphatic rings. The summed E-state index contributed by atoms with van der Waals surface area (Å²) in [6.07, 6.45) is 6.85. The molecule has 7 heteroatoms. The normalized spacial score (nSPS) is 22.3. The second-order valence-electron chi connectivity index (χ2n) is 7.64. The molecule has 1 N–H and O–H groups in total. The first kappa shape index (κ1) is 18.2. The zero-order valence-electron chi connectivity index (χ0n) is 15.8. The lowest BCUT2D eigenvalue weighted by atomic mass is 10.1. The zero-order valence-corrected chi connectivity index (χ0v) is 15.8. The van der Waals surface area contributed by atoms with Crippen molar-refractivity contribution in [3.05, 3.63) is 22.9 Å². The standard InChI is InChI=1S/C20H27N3O4/c1-26-19-13(11-21-18(24)10-15-7-4-8-27-15)9-16-17(22-19)12-23(20(16)25)14-5-2-3-6-14/h9,14-15H,2-8,10-12H2,1H3,(H,21,24)/t15-/m1/s1. The van der Waals surface area contributed by atoms with Gasteiger partial charge in [0.25, 0.3) is 5.91 Å². The number of nitrogens with zero attached hydrogens (tertiary/aromatic N) is 2. The van der Waals surface area contributed by atoms with Gasteiger partial charge in [0.05, 0.1) is 37.4 Å². The summed E-state index contributed by atoms with van der Waals surface area (Å²) in [5, 5.41) is 2.91. The zero-order chi connectivity index (χ0) is 18.8. The van der Waals surface area contributed by atoms with Crippen molar-refractivity contribution in [3.8, 4) is 5.88 Å².